The molecule has 1 aromatic carbocycles. The van der Waals surface area contributed by atoms with E-state index in [1.165, 1.54) is 12.1 Å². The van der Waals surface area contributed by atoms with E-state index in [9.17, 15) is 18.0 Å². The van der Waals surface area contributed by atoms with Crippen LogP contribution in [0.4, 0.5) is 28.8 Å². The third-order valence-corrected chi connectivity index (χ3v) is 5.54. The molecule has 2 heterocycles. The summed E-state index contributed by atoms with van der Waals surface area (Å²) in [5.74, 6) is -0.285. The Hall–Kier alpha value is -3.14. The largest absolute Gasteiger partial charge is 0.493 e. The molecule has 2 amide bonds. The number of anilines is 2. The van der Waals surface area contributed by atoms with Gasteiger partial charge in [-0.2, -0.15) is 13.2 Å². The number of hydrogen-bond donors (Lipinski definition) is 1. The summed E-state index contributed by atoms with van der Waals surface area (Å²) in [7, 11) is 0. The molecule has 2 N–H and O–H groups in total. The fourth-order valence-corrected chi connectivity index (χ4v) is 3.96. The lowest BCUT2D eigenvalue weighted by molar-refractivity contribution is -0.138. The standard InChI is InChI=1S/C22H23F3N4O2S/c1-3-4-5-11-31-19-9-8-15(12-17(19)22(23,24)25)29(20(26)30)21-28-18(13-32-21)16-7-6-10-27-14(16)2/h6-10,12-13H,3-5,11H2,1-2H3,(H2,26,30). The number of nitrogens with zero attached hydrogens (tertiary/aromatic N) is 3. The second-order valence-electron chi connectivity index (χ2n) is 7.06. The third kappa shape index (κ3) is 5.37. The molecule has 0 aliphatic carbocycles. The zero-order valence-corrected chi connectivity index (χ0v) is 18.5. The second-order valence-corrected chi connectivity index (χ2v) is 7.90. The van der Waals surface area contributed by atoms with E-state index < -0.39 is 17.8 Å². The minimum atomic E-state index is -4.67. The molecule has 0 fully saturated rings. The Morgan fingerprint density at radius 2 is 2.03 bits per heavy atom. The number of amides is 2. The molecule has 0 bridgehead atoms. The molecule has 10 heteroatoms. The fourth-order valence-electron chi connectivity index (χ4n) is 3.12. The molecule has 170 valence electrons. The number of primary amides is 1. The lowest BCUT2D eigenvalue weighted by atomic mass is 10.1. The molecular weight excluding hydrogens is 441 g/mol. The van der Waals surface area contributed by atoms with E-state index in [1.807, 2.05) is 19.9 Å². The number of ether oxygens (including phenoxy) is 1. The van der Waals surface area contributed by atoms with Crippen molar-refractivity contribution in [1.82, 2.24) is 9.97 Å². The van der Waals surface area contributed by atoms with Crippen molar-refractivity contribution in [2.75, 3.05) is 11.5 Å². The van der Waals surface area contributed by atoms with E-state index in [1.54, 1.807) is 17.6 Å². The summed E-state index contributed by atoms with van der Waals surface area (Å²) in [6.07, 6.45) is -0.584. The van der Waals surface area contributed by atoms with Crippen LogP contribution in [-0.2, 0) is 6.18 Å². The van der Waals surface area contributed by atoms with Gasteiger partial charge in [0.1, 0.15) is 5.75 Å². The van der Waals surface area contributed by atoms with Gasteiger partial charge in [0.15, 0.2) is 5.13 Å². The summed E-state index contributed by atoms with van der Waals surface area (Å²) < 4.78 is 46.5. The topological polar surface area (TPSA) is 81.3 Å². The van der Waals surface area contributed by atoms with Crippen LogP contribution in [0, 0.1) is 6.92 Å². The molecule has 0 radical (unpaired) electrons. The van der Waals surface area contributed by atoms with Gasteiger partial charge >= 0.3 is 12.2 Å². The van der Waals surface area contributed by atoms with Gasteiger partial charge < -0.3 is 10.5 Å². The number of nitrogens with two attached hydrogens (primary N) is 1. The zero-order valence-electron chi connectivity index (χ0n) is 17.6. The van der Waals surface area contributed by atoms with Crippen LogP contribution in [-0.4, -0.2) is 22.6 Å². The zero-order chi connectivity index (χ0) is 23.3. The third-order valence-electron chi connectivity index (χ3n) is 4.72. The number of halogens is 3. The number of hydrogen-bond acceptors (Lipinski definition) is 5. The van der Waals surface area contributed by atoms with Crippen LogP contribution >= 0.6 is 11.3 Å². The highest BCUT2D eigenvalue weighted by molar-refractivity contribution is 7.14. The van der Waals surface area contributed by atoms with Crippen LogP contribution in [0.2, 0.25) is 0 Å². The molecule has 6 nitrogen and oxygen atoms in total. The van der Waals surface area contributed by atoms with E-state index in [-0.39, 0.29) is 23.2 Å². The molecule has 0 atom stereocenters. The Morgan fingerprint density at radius 1 is 1.25 bits per heavy atom. The normalized spacial score (nSPS) is 11.4. The SMILES string of the molecule is CCCCCOc1ccc(N(C(N)=O)c2nc(-c3cccnc3C)cs2)cc1C(F)(F)F. The van der Waals surface area contributed by atoms with Gasteiger partial charge in [0.2, 0.25) is 0 Å². The maximum Gasteiger partial charge on any atom is 0.420 e. The monoisotopic (exact) mass is 464 g/mol. The lowest BCUT2D eigenvalue weighted by Gasteiger charge is -2.21. The van der Waals surface area contributed by atoms with E-state index in [4.69, 9.17) is 10.5 Å². The van der Waals surface area contributed by atoms with Crippen molar-refractivity contribution in [3.8, 4) is 17.0 Å². The minimum absolute atomic E-state index is 0.0467. The van der Waals surface area contributed by atoms with Crippen molar-refractivity contribution in [3.05, 3.63) is 53.2 Å². The van der Waals surface area contributed by atoms with Gasteiger partial charge in [0.25, 0.3) is 0 Å². The Balaban J connectivity index is 1.96. The maximum atomic E-state index is 13.7. The molecule has 0 unspecified atom stereocenters. The summed E-state index contributed by atoms with van der Waals surface area (Å²) in [5.41, 5.74) is 6.54. The predicted molar refractivity (Wildman–Crippen MR) is 118 cm³/mol. The molecule has 32 heavy (non-hydrogen) atoms. The molecule has 3 aromatic rings. The smallest absolute Gasteiger partial charge is 0.420 e. The van der Waals surface area contributed by atoms with Crippen LogP contribution in [0.15, 0.2) is 41.9 Å². The molecule has 0 aliphatic heterocycles. The number of alkyl halides is 3. The second kappa shape index (κ2) is 9.99. The van der Waals surface area contributed by atoms with Crippen molar-refractivity contribution in [1.29, 1.82) is 0 Å². The number of carbonyl (C=O) groups is 1. The van der Waals surface area contributed by atoms with Crippen LogP contribution in [0.25, 0.3) is 11.3 Å². The number of aryl methyl sites for hydroxylation is 1. The van der Waals surface area contributed by atoms with Crippen LogP contribution in [0.3, 0.4) is 0 Å². The Morgan fingerprint density at radius 3 is 2.69 bits per heavy atom. The highest BCUT2D eigenvalue weighted by atomic mass is 32.1. The highest BCUT2D eigenvalue weighted by Gasteiger charge is 2.36. The first-order valence-electron chi connectivity index (χ1n) is 10.0. The van der Waals surface area contributed by atoms with Gasteiger partial charge in [-0.25, -0.2) is 14.7 Å². The van der Waals surface area contributed by atoms with Gasteiger partial charge in [0, 0.05) is 22.8 Å². The summed E-state index contributed by atoms with van der Waals surface area (Å²) >= 11 is 1.09. The van der Waals surface area contributed by atoms with Crippen molar-refractivity contribution in [2.24, 2.45) is 5.73 Å². The van der Waals surface area contributed by atoms with Gasteiger partial charge in [-0.15, -0.1) is 11.3 Å². The Labute approximate surface area is 187 Å². The van der Waals surface area contributed by atoms with Gasteiger partial charge in [0.05, 0.1) is 23.6 Å². The Bertz CT molecular complexity index is 1090. The molecule has 3 rings (SSSR count). The van der Waals surface area contributed by atoms with Gasteiger partial charge in [-0.05, 0) is 43.7 Å². The molecule has 0 saturated carbocycles. The number of pyridine rings is 1. The number of thiazole rings is 1. The van der Waals surface area contributed by atoms with Crippen molar-refractivity contribution in [3.63, 3.8) is 0 Å². The first-order valence-corrected chi connectivity index (χ1v) is 10.9. The van der Waals surface area contributed by atoms with Gasteiger partial charge in [-0.3, -0.25) is 4.98 Å². The summed E-state index contributed by atoms with van der Waals surface area (Å²) in [4.78, 5) is 21.8. The predicted octanol–water partition coefficient (Wildman–Crippen LogP) is 6.32. The quantitative estimate of drug-likeness (QED) is 0.396. The first-order chi connectivity index (χ1) is 15.2. The number of benzene rings is 1. The maximum absolute atomic E-state index is 13.7. The van der Waals surface area contributed by atoms with Crippen LogP contribution < -0.4 is 15.4 Å². The molecule has 0 aliphatic rings. The number of rotatable bonds is 8. The summed E-state index contributed by atoms with van der Waals surface area (Å²) in [6, 6.07) is 6.06. The molecule has 2 aromatic heterocycles. The fraction of sp³-hybridized carbons (Fsp3) is 0.318. The Kier molecular flexibility index (Phi) is 7.34. The van der Waals surface area contributed by atoms with E-state index in [0.29, 0.717) is 12.1 Å². The van der Waals surface area contributed by atoms with Crippen molar-refractivity contribution in [2.45, 2.75) is 39.3 Å². The van der Waals surface area contributed by atoms with E-state index in [0.717, 1.165) is 46.4 Å². The summed E-state index contributed by atoms with van der Waals surface area (Å²) in [6.45, 7) is 3.99. The highest BCUT2D eigenvalue weighted by Crippen LogP contribution is 2.41. The number of unbranched alkanes of at least 4 members (excludes halogenated alkanes) is 2. The first kappa shape index (κ1) is 23.5. The molecule has 0 saturated heterocycles. The minimum Gasteiger partial charge on any atom is -0.493 e. The average Bonchev–Trinajstić information content (AvgIpc) is 3.20. The van der Waals surface area contributed by atoms with Crippen molar-refractivity contribution >= 4 is 28.2 Å². The van der Waals surface area contributed by atoms with Crippen LogP contribution in [0.1, 0.15) is 37.4 Å². The van der Waals surface area contributed by atoms with Crippen molar-refractivity contribution < 1.29 is 22.7 Å². The van der Waals surface area contributed by atoms with E-state index in [2.05, 4.69) is 9.97 Å². The lowest BCUT2D eigenvalue weighted by Crippen LogP contribution is -2.31. The summed E-state index contributed by atoms with van der Waals surface area (Å²) in [5, 5.41) is 1.85. The number of aromatic nitrogens is 2. The van der Waals surface area contributed by atoms with Crippen LogP contribution in [0.5, 0.6) is 5.75 Å². The average molecular weight is 465 g/mol. The number of carbonyl (C=O) groups excluding carboxylic acids is 1. The number of urea groups is 1. The molecular formula is C22H23F3N4O2S. The van der Waals surface area contributed by atoms with Gasteiger partial charge in [-0.1, -0.05) is 19.8 Å². The molecule has 0 spiro atoms. The van der Waals surface area contributed by atoms with E-state index >= 15 is 0 Å².